The molecule has 0 radical (unpaired) electrons. The number of likely N-dealkylation sites (tertiary alicyclic amines) is 1. The fourth-order valence-corrected chi connectivity index (χ4v) is 2.31. The summed E-state index contributed by atoms with van der Waals surface area (Å²) in [5, 5.41) is 0. The molecule has 17 heavy (non-hydrogen) atoms. The minimum absolute atomic E-state index is 0.0440. The van der Waals surface area contributed by atoms with E-state index in [-0.39, 0.29) is 11.8 Å². The van der Waals surface area contributed by atoms with Crippen molar-refractivity contribution in [1.29, 1.82) is 0 Å². The molecule has 0 bridgehead atoms. The van der Waals surface area contributed by atoms with E-state index in [0.717, 1.165) is 18.9 Å². The van der Waals surface area contributed by atoms with Gasteiger partial charge < -0.3 is 15.5 Å². The summed E-state index contributed by atoms with van der Waals surface area (Å²) in [4.78, 5) is 16.1. The van der Waals surface area contributed by atoms with Crippen molar-refractivity contribution < 1.29 is 4.79 Å². The summed E-state index contributed by atoms with van der Waals surface area (Å²) in [7, 11) is 4.07. The average molecular weight is 241 g/mol. The van der Waals surface area contributed by atoms with Crippen molar-refractivity contribution in [3.8, 4) is 0 Å². The van der Waals surface area contributed by atoms with E-state index in [2.05, 4.69) is 11.9 Å². The highest BCUT2D eigenvalue weighted by Crippen LogP contribution is 2.19. The topological polar surface area (TPSA) is 49.6 Å². The smallest absolute Gasteiger partial charge is 0.226 e. The van der Waals surface area contributed by atoms with Gasteiger partial charge in [0.1, 0.15) is 0 Å². The van der Waals surface area contributed by atoms with Gasteiger partial charge in [0.2, 0.25) is 5.91 Å². The fraction of sp³-hybridized carbons (Fsp3) is 0.923. The van der Waals surface area contributed by atoms with Gasteiger partial charge in [-0.1, -0.05) is 6.92 Å². The Hall–Kier alpha value is -0.610. The molecule has 1 aliphatic rings. The largest absolute Gasteiger partial charge is 0.345 e. The highest BCUT2D eigenvalue weighted by atomic mass is 16.2. The summed E-state index contributed by atoms with van der Waals surface area (Å²) < 4.78 is 0. The Labute approximate surface area is 105 Å². The quantitative estimate of drug-likeness (QED) is 0.773. The Bertz CT molecular complexity index is 237. The molecule has 0 aliphatic carbocycles. The number of piperidine rings is 1. The van der Waals surface area contributed by atoms with Crippen molar-refractivity contribution in [2.24, 2.45) is 17.6 Å². The Balaban J connectivity index is 2.23. The third kappa shape index (κ3) is 4.64. The van der Waals surface area contributed by atoms with Gasteiger partial charge in [-0.05, 0) is 45.3 Å². The zero-order chi connectivity index (χ0) is 12.8. The van der Waals surface area contributed by atoms with E-state index in [1.165, 1.54) is 25.9 Å². The molecule has 1 amide bonds. The number of nitrogens with zero attached hydrogens (tertiary/aromatic N) is 2. The predicted molar refractivity (Wildman–Crippen MR) is 70.7 cm³/mol. The number of nitrogens with two attached hydrogens (primary N) is 1. The number of carbonyl (C=O) groups is 1. The lowest BCUT2D eigenvalue weighted by Crippen LogP contribution is -2.37. The van der Waals surface area contributed by atoms with Crippen LogP contribution in [-0.2, 0) is 4.79 Å². The normalized spacial score (nSPS) is 20.2. The molecule has 0 aromatic rings. The first-order chi connectivity index (χ1) is 8.04. The third-order valence-corrected chi connectivity index (χ3v) is 3.86. The molecule has 1 heterocycles. The van der Waals surface area contributed by atoms with Crippen LogP contribution in [0.1, 0.15) is 26.2 Å². The van der Waals surface area contributed by atoms with Crippen molar-refractivity contribution in [3.05, 3.63) is 0 Å². The minimum atomic E-state index is -0.0440. The van der Waals surface area contributed by atoms with Gasteiger partial charge in [-0.3, -0.25) is 4.79 Å². The Morgan fingerprint density at radius 1 is 1.47 bits per heavy atom. The Morgan fingerprint density at radius 2 is 2.06 bits per heavy atom. The Morgan fingerprint density at radius 3 is 2.59 bits per heavy atom. The van der Waals surface area contributed by atoms with Crippen molar-refractivity contribution in [2.75, 3.05) is 40.3 Å². The molecule has 1 aliphatic heterocycles. The van der Waals surface area contributed by atoms with Crippen LogP contribution in [0.15, 0.2) is 0 Å². The van der Waals surface area contributed by atoms with Crippen molar-refractivity contribution in [1.82, 2.24) is 9.80 Å². The van der Waals surface area contributed by atoms with Gasteiger partial charge >= 0.3 is 0 Å². The van der Waals surface area contributed by atoms with Gasteiger partial charge in [-0.25, -0.2) is 0 Å². The van der Waals surface area contributed by atoms with E-state index in [0.29, 0.717) is 6.54 Å². The molecule has 1 rings (SSSR count). The number of hydrogen-bond donors (Lipinski definition) is 1. The maximum absolute atomic E-state index is 11.8. The SMILES string of the molecule is CC(CN)C(=O)N(C)CCC1CCN(C)CC1. The van der Waals surface area contributed by atoms with Crippen LogP contribution in [0.3, 0.4) is 0 Å². The molecule has 4 nitrogen and oxygen atoms in total. The molecule has 1 unspecified atom stereocenters. The highest BCUT2D eigenvalue weighted by molar-refractivity contribution is 5.78. The molecule has 100 valence electrons. The lowest BCUT2D eigenvalue weighted by atomic mass is 9.93. The Kier molecular flexibility index (Phi) is 5.92. The maximum atomic E-state index is 11.8. The molecule has 1 fully saturated rings. The summed E-state index contributed by atoms with van der Waals surface area (Å²) in [6, 6.07) is 0. The lowest BCUT2D eigenvalue weighted by Gasteiger charge is -2.30. The van der Waals surface area contributed by atoms with Gasteiger partial charge in [0.25, 0.3) is 0 Å². The fourth-order valence-electron chi connectivity index (χ4n) is 2.31. The molecular formula is C13H27N3O. The van der Waals surface area contributed by atoms with E-state index in [4.69, 9.17) is 5.73 Å². The first kappa shape index (κ1) is 14.5. The van der Waals surface area contributed by atoms with Gasteiger partial charge in [0, 0.05) is 26.1 Å². The first-order valence-corrected chi connectivity index (χ1v) is 6.68. The van der Waals surface area contributed by atoms with Crippen LogP contribution in [0, 0.1) is 11.8 Å². The van der Waals surface area contributed by atoms with Crippen LogP contribution in [0.5, 0.6) is 0 Å². The van der Waals surface area contributed by atoms with Crippen molar-refractivity contribution >= 4 is 5.91 Å². The van der Waals surface area contributed by atoms with Crippen LogP contribution < -0.4 is 5.73 Å². The first-order valence-electron chi connectivity index (χ1n) is 6.68. The molecule has 0 aromatic carbocycles. The summed E-state index contributed by atoms with van der Waals surface area (Å²) in [5.74, 6) is 0.924. The van der Waals surface area contributed by atoms with E-state index in [9.17, 15) is 4.79 Å². The van der Waals surface area contributed by atoms with Crippen LogP contribution in [0.2, 0.25) is 0 Å². The molecule has 0 saturated carbocycles. The summed E-state index contributed by atoms with van der Waals surface area (Å²) >= 11 is 0. The molecule has 4 heteroatoms. The maximum Gasteiger partial charge on any atom is 0.226 e. The molecule has 2 N–H and O–H groups in total. The van der Waals surface area contributed by atoms with Crippen LogP contribution in [0.4, 0.5) is 0 Å². The van der Waals surface area contributed by atoms with Crippen LogP contribution >= 0.6 is 0 Å². The standard InChI is InChI=1S/C13H27N3O/c1-11(10-14)13(17)16(3)9-6-12-4-7-15(2)8-5-12/h11-12H,4-10,14H2,1-3H3. The predicted octanol–water partition coefficient (Wildman–Crippen LogP) is 0.772. The van der Waals surface area contributed by atoms with Crippen LogP contribution in [0.25, 0.3) is 0 Å². The third-order valence-electron chi connectivity index (χ3n) is 3.86. The van der Waals surface area contributed by atoms with E-state index in [1.807, 2.05) is 18.9 Å². The van der Waals surface area contributed by atoms with E-state index >= 15 is 0 Å². The summed E-state index contributed by atoms with van der Waals surface area (Å²) in [5.41, 5.74) is 5.51. The van der Waals surface area contributed by atoms with Crippen molar-refractivity contribution in [2.45, 2.75) is 26.2 Å². The second kappa shape index (κ2) is 6.97. The second-order valence-corrected chi connectivity index (χ2v) is 5.43. The van der Waals surface area contributed by atoms with Gasteiger partial charge in [-0.2, -0.15) is 0 Å². The van der Waals surface area contributed by atoms with Gasteiger partial charge in [0.05, 0.1) is 0 Å². The minimum Gasteiger partial charge on any atom is -0.345 e. The van der Waals surface area contributed by atoms with E-state index < -0.39 is 0 Å². The molecule has 0 spiro atoms. The summed E-state index contributed by atoms with van der Waals surface area (Å²) in [6.07, 6.45) is 3.67. The lowest BCUT2D eigenvalue weighted by molar-refractivity contribution is -0.133. The molecule has 1 atom stereocenters. The average Bonchev–Trinajstić information content (AvgIpc) is 2.35. The highest BCUT2D eigenvalue weighted by Gasteiger charge is 2.19. The number of amides is 1. The van der Waals surface area contributed by atoms with Gasteiger partial charge in [0.15, 0.2) is 0 Å². The zero-order valence-electron chi connectivity index (χ0n) is 11.5. The zero-order valence-corrected chi connectivity index (χ0v) is 11.5. The van der Waals surface area contributed by atoms with Crippen LogP contribution in [-0.4, -0.2) is 56.0 Å². The molecule has 0 aromatic heterocycles. The van der Waals surface area contributed by atoms with Crippen molar-refractivity contribution in [3.63, 3.8) is 0 Å². The second-order valence-electron chi connectivity index (χ2n) is 5.43. The monoisotopic (exact) mass is 241 g/mol. The van der Waals surface area contributed by atoms with Gasteiger partial charge in [-0.15, -0.1) is 0 Å². The number of hydrogen-bond acceptors (Lipinski definition) is 3. The number of carbonyl (C=O) groups excluding carboxylic acids is 1. The summed E-state index contributed by atoms with van der Waals surface area (Å²) in [6.45, 7) is 5.60. The molecule has 1 saturated heterocycles. The van der Waals surface area contributed by atoms with E-state index in [1.54, 1.807) is 0 Å². The molecular weight excluding hydrogens is 214 g/mol. The number of rotatable bonds is 5.